The van der Waals surface area contributed by atoms with Crippen molar-refractivity contribution in [2.75, 3.05) is 7.11 Å². The summed E-state index contributed by atoms with van der Waals surface area (Å²) in [6.45, 7) is 0. The van der Waals surface area contributed by atoms with Crippen molar-refractivity contribution < 1.29 is 65.4 Å². The molecular weight excluding hydrogens is 202 g/mol. The first-order valence-electron chi connectivity index (χ1n) is 3.09. The molecule has 60 valence electrons. The average molecular weight is 210 g/mol. The van der Waals surface area contributed by atoms with Crippen molar-refractivity contribution >= 4 is 12.9 Å². The van der Waals surface area contributed by atoms with E-state index in [1.807, 2.05) is 0 Å². The Labute approximate surface area is 114 Å². The molecule has 1 aromatic carbocycles. The third-order valence-corrected chi connectivity index (χ3v) is 2.72. The Hall–Kier alpha value is 1.01. The van der Waals surface area contributed by atoms with Crippen molar-refractivity contribution in [3.05, 3.63) is 30.3 Å². The van der Waals surface area contributed by atoms with E-state index in [1.54, 1.807) is 18.2 Å². The molecule has 0 heterocycles. The standard InChI is InChI=1S/C7H9O3P.K/c1-10-11(8,9)7-5-3-2-4-6-7;/h2-6H,1H3,(H,8,9);/q;+1/p-1. The molecule has 1 rings (SSSR count). The third kappa shape index (κ3) is 3.40. The molecule has 0 amide bonds. The van der Waals surface area contributed by atoms with E-state index in [0.717, 1.165) is 7.11 Å². The van der Waals surface area contributed by atoms with Gasteiger partial charge in [0.25, 0.3) is 0 Å². The molecule has 0 fully saturated rings. The van der Waals surface area contributed by atoms with Gasteiger partial charge in [0.05, 0.1) is 0 Å². The van der Waals surface area contributed by atoms with Gasteiger partial charge in [0.2, 0.25) is 0 Å². The topological polar surface area (TPSA) is 49.4 Å². The Balaban J connectivity index is 0.00000121. The van der Waals surface area contributed by atoms with Crippen molar-refractivity contribution in [1.29, 1.82) is 0 Å². The van der Waals surface area contributed by atoms with Crippen LogP contribution in [0.4, 0.5) is 0 Å². The molecule has 0 N–H and O–H groups in total. The van der Waals surface area contributed by atoms with Crippen molar-refractivity contribution in [3.63, 3.8) is 0 Å². The summed E-state index contributed by atoms with van der Waals surface area (Å²) in [7, 11) is -2.62. The Morgan fingerprint density at radius 1 is 1.33 bits per heavy atom. The summed E-state index contributed by atoms with van der Waals surface area (Å²) >= 11 is 0. The van der Waals surface area contributed by atoms with E-state index in [1.165, 1.54) is 12.1 Å². The molecule has 0 aromatic heterocycles. The Morgan fingerprint density at radius 2 is 1.83 bits per heavy atom. The fraction of sp³-hybridized carbons (Fsp3) is 0.143. The van der Waals surface area contributed by atoms with Crippen LogP contribution in [0.15, 0.2) is 30.3 Å². The van der Waals surface area contributed by atoms with Crippen LogP contribution >= 0.6 is 7.60 Å². The van der Waals surface area contributed by atoms with Gasteiger partial charge in [0, 0.05) is 12.4 Å². The van der Waals surface area contributed by atoms with Gasteiger partial charge in [-0.15, -0.1) is 0 Å². The van der Waals surface area contributed by atoms with E-state index in [0.29, 0.717) is 0 Å². The molecule has 3 nitrogen and oxygen atoms in total. The van der Waals surface area contributed by atoms with Crippen LogP contribution in [0.2, 0.25) is 0 Å². The van der Waals surface area contributed by atoms with Gasteiger partial charge in [-0.2, -0.15) is 0 Å². The molecule has 5 heteroatoms. The molecule has 0 aliphatic carbocycles. The van der Waals surface area contributed by atoms with Gasteiger partial charge >= 0.3 is 51.4 Å². The van der Waals surface area contributed by atoms with Crippen LogP contribution in [-0.4, -0.2) is 7.11 Å². The number of hydrogen-bond donors (Lipinski definition) is 0. The van der Waals surface area contributed by atoms with Gasteiger partial charge in [0.15, 0.2) is 7.60 Å². The fourth-order valence-corrected chi connectivity index (χ4v) is 1.46. The van der Waals surface area contributed by atoms with Crippen LogP contribution in [0.5, 0.6) is 0 Å². The summed E-state index contributed by atoms with van der Waals surface area (Å²) in [4.78, 5) is 11.0. The van der Waals surface area contributed by atoms with Crippen molar-refractivity contribution in [3.8, 4) is 0 Å². The predicted molar refractivity (Wildman–Crippen MR) is 40.7 cm³/mol. The molecule has 0 spiro atoms. The van der Waals surface area contributed by atoms with Crippen LogP contribution in [-0.2, 0) is 9.09 Å². The summed E-state index contributed by atoms with van der Waals surface area (Å²) < 4.78 is 15.3. The maximum absolute atomic E-state index is 11.0. The molecule has 0 bridgehead atoms. The van der Waals surface area contributed by atoms with Crippen molar-refractivity contribution in [2.24, 2.45) is 0 Å². The minimum atomic E-state index is -3.78. The first-order valence-corrected chi connectivity index (χ1v) is 4.63. The van der Waals surface area contributed by atoms with Gasteiger partial charge in [-0.25, -0.2) is 0 Å². The van der Waals surface area contributed by atoms with Crippen molar-refractivity contribution in [2.45, 2.75) is 0 Å². The third-order valence-electron chi connectivity index (χ3n) is 1.31. The quantitative estimate of drug-likeness (QED) is 0.401. The van der Waals surface area contributed by atoms with Crippen LogP contribution in [0.3, 0.4) is 0 Å². The van der Waals surface area contributed by atoms with Crippen LogP contribution in [0.1, 0.15) is 0 Å². The smallest absolute Gasteiger partial charge is 0.775 e. The number of hydrogen-bond acceptors (Lipinski definition) is 3. The Kier molecular flexibility index (Phi) is 6.15. The SMILES string of the molecule is COP(=O)([O-])c1ccccc1.[K+]. The number of benzene rings is 1. The Bertz CT molecular complexity index is 275. The molecule has 1 atom stereocenters. The zero-order chi connectivity index (χ0) is 8.32. The summed E-state index contributed by atoms with van der Waals surface area (Å²) in [5, 5.41) is 0.211. The largest absolute Gasteiger partial charge is 1.00 e. The molecule has 0 radical (unpaired) electrons. The summed E-state index contributed by atoms with van der Waals surface area (Å²) in [6, 6.07) is 8.05. The van der Waals surface area contributed by atoms with Crippen LogP contribution in [0.25, 0.3) is 0 Å². The van der Waals surface area contributed by atoms with Crippen LogP contribution < -0.4 is 61.6 Å². The van der Waals surface area contributed by atoms with E-state index in [9.17, 15) is 9.46 Å². The van der Waals surface area contributed by atoms with E-state index in [2.05, 4.69) is 4.52 Å². The summed E-state index contributed by atoms with van der Waals surface area (Å²) in [5.74, 6) is 0. The molecule has 12 heavy (non-hydrogen) atoms. The minimum absolute atomic E-state index is 0. The van der Waals surface area contributed by atoms with Gasteiger partial charge in [-0.3, -0.25) is 0 Å². The van der Waals surface area contributed by atoms with Gasteiger partial charge in [-0.1, -0.05) is 30.3 Å². The second-order valence-electron chi connectivity index (χ2n) is 2.02. The minimum Gasteiger partial charge on any atom is -0.775 e. The Morgan fingerprint density at radius 3 is 2.25 bits per heavy atom. The molecule has 0 aliphatic rings. The predicted octanol–water partition coefficient (Wildman–Crippen LogP) is -2.48. The van der Waals surface area contributed by atoms with E-state index < -0.39 is 7.60 Å². The molecule has 1 aromatic rings. The van der Waals surface area contributed by atoms with Gasteiger partial charge in [-0.05, 0) is 0 Å². The first kappa shape index (κ1) is 13.0. The van der Waals surface area contributed by atoms with Crippen LogP contribution in [0, 0.1) is 0 Å². The van der Waals surface area contributed by atoms with Gasteiger partial charge < -0.3 is 14.0 Å². The van der Waals surface area contributed by atoms with Crippen molar-refractivity contribution in [1.82, 2.24) is 0 Å². The zero-order valence-electron chi connectivity index (χ0n) is 7.06. The molecule has 0 aliphatic heterocycles. The van der Waals surface area contributed by atoms with Gasteiger partial charge in [0.1, 0.15) is 0 Å². The summed E-state index contributed by atoms with van der Waals surface area (Å²) in [6.07, 6.45) is 0. The zero-order valence-corrected chi connectivity index (χ0v) is 11.1. The maximum atomic E-state index is 11.0. The van der Waals surface area contributed by atoms with E-state index in [-0.39, 0.29) is 56.7 Å². The van der Waals surface area contributed by atoms with E-state index in [4.69, 9.17) is 0 Å². The monoisotopic (exact) mass is 210 g/mol. The normalized spacial score (nSPS) is 14.5. The number of rotatable bonds is 2. The summed E-state index contributed by atoms with van der Waals surface area (Å²) in [5.41, 5.74) is 0. The van der Waals surface area contributed by atoms with E-state index >= 15 is 0 Å². The molecule has 0 saturated heterocycles. The molecular formula is C7H8KO3P. The molecule has 1 unspecified atom stereocenters. The second kappa shape index (κ2) is 5.68. The average Bonchev–Trinajstić information content (AvgIpc) is 2.06. The maximum Gasteiger partial charge on any atom is 1.00 e. The molecule has 0 saturated carbocycles. The second-order valence-corrected chi connectivity index (χ2v) is 3.89. The fourth-order valence-electron chi connectivity index (χ4n) is 0.716. The first-order chi connectivity index (χ1) is 5.17.